The molecule has 2 heterocycles. The molecule has 1 amide bonds. The molecule has 0 unspecified atom stereocenters. The highest BCUT2D eigenvalue weighted by Gasteiger charge is 2.18. The van der Waals surface area contributed by atoms with E-state index in [1.165, 1.54) is 4.90 Å². The number of H-pyrrole nitrogens is 1. The Morgan fingerprint density at radius 3 is 2.64 bits per heavy atom. The molecular formula is C16H15N3O3. The molecule has 0 aliphatic heterocycles. The highest BCUT2D eigenvalue weighted by atomic mass is 16.3. The van der Waals surface area contributed by atoms with Crippen LogP contribution in [0.4, 0.5) is 0 Å². The maximum atomic E-state index is 12.6. The summed E-state index contributed by atoms with van der Waals surface area (Å²) in [7, 11) is 1.67. The van der Waals surface area contributed by atoms with Crippen LogP contribution in [0.5, 0.6) is 0 Å². The van der Waals surface area contributed by atoms with Crippen molar-refractivity contribution in [2.24, 2.45) is 0 Å². The number of nitrogens with zero attached hydrogens (tertiary/aromatic N) is 2. The van der Waals surface area contributed by atoms with Gasteiger partial charge in [-0.1, -0.05) is 18.2 Å². The number of carbonyl (C=O) groups excluding carboxylic acids is 1. The average molecular weight is 297 g/mol. The van der Waals surface area contributed by atoms with Crippen molar-refractivity contribution in [1.82, 2.24) is 15.1 Å². The molecule has 0 saturated carbocycles. The highest BCUT2D eigenvalue weighted by Crippen LogP contribution is 2.15. The Hall–Kier alpha value is -2.89. The van der Waals surface area contributed by atoms with Crippen molar-refractivity contribution in [3.8, 4) is 0 Å². The van der Waals surface area contributed by atoms with E-state index in [4.69, 9.17) is 4.42 Å². The number of nitrogens with one attached hydrogen (secondary N) is 1. The van der Waals surface area contributed by atoms with Crippen LogP contribution in [0.25, 0.3) is 10.8 Å². The molecule has 0 aliphatic rings. The Bertz CT molecular complexity index is 895. The fourth-order valence-corrected chi connectivity index (χ4v) is 2.33. The number of aromatic nitrogens is 2. The number of furan rings is 1. The van der Waals surface area contributed by atoms with Gasteiger partial charge in [0.05, 0.1) is 11.9 Å². The molecule has 1 aromatic carbocycles. The number of hydrogen-bond acceptors (Lipinski definition) is 4. The van der Waals surface area contributed by atoms with Gasteiger partial charge in [-0.15, -0.1) is 0 Å². The third-order valence-electron chi connectivity index (χ3n) is 3.43. The molecule has 112 valence electrons. The summed E-state index contributed by atoms with van der Waals surface area (Å²) in [5.74, 6) is 1.21. The van der Waals surface area contributed by atoms with Gasteiger partial charge >= 0.3 is 0 Å². The molecule has 3 aromatic rings. The van der Waals surface area contributed by atoms with E-state index in [1.807, 2.05) is 19.1 Å². The summed E-state index contributed by atoms with van der Waals surface area (Å²) < 4.78 is 5.47. The summed E-state index contributed by atoms with van der Waals surface area (Å²) in [6.45, 7) is 2.18. The van der Waals surface area contributed by atoms with E-state index in [9.17, 15) is 9.59 Å². The van der Waals surface area contributed by atoms with E-state index in [0.29, 0.717) is 23.1 Å². The third-order valence-corrected chi connectivity index (χ3v) is 3.43. The highest BCUT2D eigenvalue weighted by molar-refractivity contribution is 6.04. The Balaban J connectivity index is 1.95. The lowest BCUT2D eigenvalue weighted by Gasteiger charge is -2.15. The van der Waals surface area contributed by atoms with E-state index < -0.39 is 0 Å². The Morgan fingerprint density at radius 1 is 1.23 bits per heavy atom. The fourth-order valence-electron chi connectivity index (χ4n) is 2.33. The summed E-state index contributed by atoms with van der Waals surface area (Å²) in [5, 5.41) is 7.27. The second-order valence-corrected chi connectivity index (χ2v) is 5.12. The molecule has 0 aliphatic carbocycles. The minimum absolute atomic E-state index is 0.223. The minimum Gasteiger partial charge on any atom is -0.464 e. The lowest BCUT2D eigenvalue weighted by molar-refractivity contribution is 0.0770. The summed E-state index contributed by atoms with van der Waals surface area (Å²) in [6, 6.07) is 10.6. The topological polar surface area (TPSA) is 79.2 Å². The number of rotatable bonds is 3. The van der Waals surface area contributed by atoms with Crippen LogP contribution >= 0.6 is 0 Å². The second kappa shape index (κ2) is 5.48. The monoisotopic (exact) mass is 297 g/mol. The molecule has 0 bridgehead atoms. The number of aryl methyl sites for hydroxylation is 1. The van der Waals surface area contributed by atoms with Crippen molar-refractivity contribution >= 4 is 16.7 Å². The number of amides is 1. The number of aromatic amines is 1. The zero-order valence-electron chi connectivity index (χ0n) is 12.3. The van der Waals surface area contributed by atoms with Crippen LogP contribution in [0, 0.1) is 6.92 Å². The van der Waals surface area contributed by atoms with Crippen LogP contribution in [-0.2, 0) is 6.54 Å². The molecule has 0 spiro atoms. The predicted molar refractivity (Wildman–Crippen MR) is 81.6 cm³/mol. The summed E-state index contributed by atoms with van der Waals surface area (Å²) >= 11 is 0. The van der Waals surface area contributed by atoms with E-state index in [1.54, 1.807) is 31.3 Å². The van der Waals surface area contributed by atoms with Crippen molar-refractivity contribution in [2.45, 2.75) is 13.5 Å². The quantitative estimate of drug-likeness (QED) is 0.803. The third kappa shape index (κ3) is 2.50. The molecule has 22 heavy (non-hydrogen) atoms. The van der Waals surface area contributed by atoms with Gasteiger partial charge in [0.1, 0.15) is 11.5 Å². The molecule has 0 radical (unpaired) electrons. The molecule has 0 saturated heterocycles. The second-order valence-electron chi connectivity index (χ2n) is 5.12. The van der Waals surface area contributed by atoms with Crippen LogP contribution in [0.15, 0.2) is 45.6 Å². The Morgan fingerprint density at radius 2 is 1.95 bits per heavy atom. The van der Waals surface area contributed by atoms with Crippen LogP contribution in [0.2, 0.25) is 0 Å². The standard InChI is InChI=1S/C16H15N3O3/c1-10-7-8-11(22-10)9-19(2)16(21)14-12-5-3-4-6-13(12)15(20)18-17-14/h3-8H,9H2,1-2H3,(H,18,20). The Kier molecular flexibility index (Phi) is 3.50. The van der Waals surface area contributed by atoms with Gasteiger partial charge in [-0.3, -0.25) is 9.59 Å². The number of benzene rings is 1. The number of hydrogen-bond donors (Lipinski definition) is 1. The van der Waals surface area contributed by atoms with Crippen LogP contribution in [0.3, 0.4) is 0 Å². The SMILES string of the molecule is Cc1ccc(CN(C)C(=O)c2n[nH]c(=O)c3ccccc23)o1. The molecule has 3 rings (SSSR count). The summed E-state index contributed by atoms with van der Waals surface area (Å²) in [4.78, 5) is 25.8. The van der Waals surface area contributed by atoms with Gasteiger partial charge in [-0.25, -0.2) is 5.10 Å². The van der Waals surface area contributed by atoms with Gasteiger partial charge in [-0.2, -0.15) is 5.10 Å². The molecule has 6 nitrogen and oxygen atoms in total. The van der Waals surface area contributed by atoms with Gasteiger partial charge in [0.15, 0.2) is 5.69 Å². The molecule has 2 aromatic heterocycles. The van der Waals surface area contributed by atoms with Crippen molar-refractivity contribution in [2.75, 3.05) is 7.05 Å². The van der Waals surface area contributed by atoms with E-state index in [2.05, 4.69) is 10.2 Å². The van der Waals surface area contributed by atoms with Crippen molar-refractivity contribution < 1.29 is 9.21 Å². The van der Waals surface area contributed by atoms with Crippen LogP contribution in [0.1, 0.15) is 22.0 Å². The van der Waals surface area contributed by atoms with Gasteiger partial charge in [-0.05, 0) is 25.1 Å². The Labute approximate surface area is 126 Å². The van der Waals surface area contributed by atoms with Gasteiger partial charge in [0.2, 0.25) is 0 Å². The first-order chi connectivity index (χ1) is 10.6. The first-order valence-corrected chi connectivity index (χ1v) is 6.84. The molecule has 0 atom stereocenters. The molecule has 1 N–H and O–H groups in total. The minimum atomic E-state index is -0.309. The van der Waals surface area contributed by atoms with E-state index in [-0.39, 0.29) is 17.2 Å². The number of carbonyl (C=O) groups is 1. The van der Waals surface area contributed by atoms with Crippen LogP contribution in [-0.4, -0.2) is 28.1 Å². The smallest absolute Gasteiger partial charge is 0.275 e. The fraction of sp³-hybridized carbons (Fsp3) is 0.188. The maximum Gasteiger partial charge on any atom is 0.275 e. The van der Waals surface area contributed by atoms with Gasteiger partial charge in [0, 0.05) is 12.4 Å². The normalized spacial score (nSPS) is 10.8. The summed E-state index contributed by atoms with van der Waals surface area (Å²) in [6.07, 6.45) is 0. The van der Waals surface area contributed by atoms with Gasteiger partial charge in [0.25, 0.3) is 11.5 Å². The lowest BCUT2D eigenvalue weighted by Crippen LogP contribution is -2.28. The van der Waals surface area contributed by atoms with E-state index >= 15 is 0 Å². The number of fused-ring (bicyclic) bond motifs is 1. The molecular weight excluding hydrogens is 282 g/mol. The van der Waals surface area contributed by atoms with E-state index in [0.717, 1.165) is 5.76 Å². The van der Waals surface area contributed by atoms with Crippen molar-refractivity contribution in [3.63, 3.8) is 0 Å². The van der Waals surface area contributed by atoms with Gasteiger partial charge < -0.3 is 9.32 Å². The maximum absolute atomic E-state index is 12.6. The zero-order valence-corrected chi connectivity index (χ0v) is 12.3. The largest absolute Gasteiger partial charge is 0.464 e. The predicted octanol–water partition coefficient (Wildman–Crippen LogP) is 2.10. The zero-order chi connectivity index (χ0) is 15.7. The summed E-state index contributed by atoms with van der Waals surface area (Å²) in [5.41, 5.74) is -0.0857. The first-order valence-electron chi connectivity index (χ1n) is 6.84. The lowest BCUT2D eigenvalue weighted by atomic mass is 10.1. The average Bonchev–Trinajstić information content (AvgIpc) is 2.92. The van der Waals surface area contributed by atoms with Crippen LogP contribution < -0.4 is 5.56 Å². The first kappa shape index (κ1) is 14.1. The van der Waals surface area contributed by atoms with Crippen molar-refractivity contribution in [1.29, 1.82) is 0 Å². The molecule has 6 heteroatoms. The van der Waals surface area contributed by atoms with Crippen molar-refractivity contribution in [3.05, 3.63) is 64.0 Å². The molecule has 0 fully saturated rings.